The number of nitrogens with one attached hydrogen (secondary N) is 1. The van der Waals surface area contributed by atoms with Gasteiger partial charge in [-0.25, -0.2) is 5.48 Å². The zero-order valence-corrected chi connectivity index (χ0v) is 12.4. The highest BCUT2D eigenvalue weighted by molar-refractivity contribution is 7.74. The molecule has 3 rings (SSSR count). The third kappa shape index (κ3) is 2.80. The highest BCUT2D eigenvalue weighted by Crippen LogP contribution is 2.39. The third-order valence-corrected chi connectivity index (χ3v) is 3.88. The molecule has 2 aliphatic rings. The molecule has 7 heteroatoms. The van der Waals surface area contributed by atoms with Gasteiger partial charge in [-0.3, -0.25) is 0 Å². The zero-order valence-electron chi connectivity index (χ0n) is 11.5. The molecule has 0 saturated carbocycles. The summed E-state index contributed by atoms with van der Waals surface area (Å²) in [6.45, 7) is 4.86. The van der Waals surface area contributed by atoms with Crippen LogP contribution in [0.5, 0.6) is 5.75 Å². The molecule has 1 aromatic carbocycles. The highest BCUT2D eigenvalue weighted by Gasteiger charge is 2.24. The first-order valence-electron chi connectivity index (χ1n) is 6.74. The van der Waals surface area contributed by atoms with Crippen LogP contribution < -0.4 is 15.1 Å². The Labute approximate surface area is 124 Å². The minimum Gasteiger partial charge on any atom is -0.491 e. The van der Waals surface area contributed by atoms with Crippen LogP contribution >= 0.6 is 12.9 Å². The standard InChI is InChI=1S/C13H19N3O3S/c1-15-3-5-16(6-4-15)12-9-11(14-18-19-20)8-10-2-7-17-13(10)12/h8-9,14,20H,2-7H2,1H3. The summed E-state index contributed by atoms with van der Waals surface area (Å²) in [5, 5.41) is 0. The van der Waals surface area contributed by atoms with Gasteiger partial charge in [-0.15, -0.1) is 9.32 Å². The quantitative estimate of drug-likeness (QED) is 0.380. The largest absolute Gasteiger partial charge is 0.491 e. The Bertz CT molecular complexity index is 478. The smallest absolute Gasteiger partial charge is 0.146 e. The van der Waals surface area contributed by atoms with Gasteiger partial charge < -0.3 is 14.5 Å². The Morgan fingerprint density at radius 1 is 1.25 bits per heavy atom. The molecule has 0 aliphatic carbocycles. The first-order valence-corrected chi connectivity index (χ1v) is 7.11. The molecule has 0 spiro atoms. The summed E-state index contributed by atoms with van der Waals surface area (Å²) in [6, 6.07) is 4.05. The summed E-state index contributed by atoms with van der Waals surface area (Å²) >= 11 is 3.54. The lowest BCUT2D eigenvalue weighted by atomic mass is 10.1. The van der Waals surface area contributed by atoms with Gasteiger partial charge in [0.15, 0.2) is 0 Å². The van der Waals surface area contributed by atoms with Crippen molar-refractivity contribution in [2.24, 2.45) is 0 Å². The van der Waals surface area contributed by atoms with E-state index in [1.165, 1.54) is 5.56 Å². The molecular weight excluding hydrogens is 278 g/mol. The van der Waals surface area contributed by atoms with Crippen LogP contribution in [-0.4, -0.2) is 44.7 Å². The van der Waals surface area contributed by atoms with Crippen LogP contribution in [0.25, 0.3) is 0 Å². The van der Waals surface area contributed by atoms with Crippen LogP contribution in [-0.2, 0) is 15.7 Å². The van der Waals surface area contributed by atoms with Gasteiger partial charge in [0.2, 0.25) is 0 Å². The molecule has 0 amide bonds. The average molecular weight is 297 g/mol. The van der Waals surface area contributed by atoms with E-state index in [2.05, 4.69) is 44.6 Å². The number of ether oxygens (including phenoxy) is 1. The van der Waals surface area contributed by atoms with Crippen LogP contribution in [0.1, 0.15) is 5.56 Å². The Hall–Kier alpha value is -1.15. The Kier molecular flexibility index (Phi) is 4.21. The van der Waals surface area contributed by atoms with Gasteiger partial charge in [-0.05, 0) is 19.2 Å². The average Bonchev–Trinajstić information content (AvgIpc) is 2.93. The fourth-order valence-electron chi connectivity index (χ4n) is 2.70. The van der Waals surface area contributed by atoms with Crippen molar-refractivity contribution in [3.8, 4) is 5.75 Å². The van der Waals surface area contributed by atoms with Crippen molar-refractivity contribution in [3.05, 3.63) is 17.7 Å². The summed E-state index contributed by atoms with van der Waals surface area (Å²) in [7, 11) is 2.15. The van der Waals surface area contributed by atoms with Gasteiger partial charge >= 0.3 is 0 Å². The van der Waals surface area contributed by atoms with E-state index in [1.54, 1.807) is 0 Å². The molecule has 0 bridgehead atoms. The number of hydrogen-bond acceptors (Lipinski definition) is 7. The van der Waals surface area contributed by atoms with Crippen LogP contribution in [0.3, 0.4) is 0 Å². The lowest BCUT2D eigenvalue weighted by Crippen LogP contribution is -2.44. The van der Waals surface area contributed by atoms with Crippen molar-refractivity contribution >= 4 is 24.3 Å². The first-order chi connectivity index (χ1) is 9.78. The zero-order chi connectivity index (χ0) is 13.9. The SMILES string of the molecule is CN1CCN(c2cc(NOOS)cc3c2OCC3)CC1. The minimum absolute atomic E-state index is 0.740. The molecule has 20 heavy (non-hydrogen) atoms. The molecule has 0 unspecified atom stereocenters. The van der Waals surface area contributed by atoms with Crippen LogP contribution in [0.15, 0.2) is 12.1 Å². The number of nitrogens with zero attached hydrogens (tertiary/aromatic N) is 2. The van der Waals surface area contributed by atoms with Crippen LogP contribution in [0.4, 0.5) is 11.4 Å². The number of likely N-dealkylation sites (N-methyl/N-ethyl adjacent to an activating group) is 1. The topological polar surface area (TPSA) is 46.2 Å². The van der Waals surface area contributed by atoms with Crippen molar-refractivity contribution in [1.29, 1.82) is 0 Å². The fourth-order valence-corrected chi connectivity index (χ4v) is 2.73. The third-order valence-electron chi connectivity index (χ3n) is 3.80. The number of piperazine rings is 1. The molecule has 110 valence electrons. The molecule has 0 atom stereocenters. The molecule has 0 radical (unpaired) electrons. The predicted octanol–water partition coefficient (Wildman–Crippen LogP) is 1.49. The van der Waals surface area contributed by atoms with E-state index < -0.39 is 0 Å². The second-order valence-electron chi connectivity index (χ2n) is 5.13. The van der Waals surface area contributed by atoms with Crippen molar-refractivity contribution < 1.29 is 14.1 Å². The Balaban J connectivity index is 1.86. The molecule has 1 N–H and O–H groups in total. The van der Waals surface area contributed by atoms with Crippen LogP contribution in [0, 0.1) is 0 Å². The molecule has 2 heterocycles. The summed E-state index contributed by atoms with van der Waals surface area (Å²) in [5.74, 6) is 1.01. The molecule has 1 saturated heterocycles. The minimum atomic E-state index is 0.740. The number of thiol groups is 1. The number of hydrogen-bond donors (Lipinski definition) is 2. The number of rotatable bonds is 4. The summed E-state index contributed by atoms with van der Waals surface area (Å²) in [5.41, 5.74) is 5.89. The van der Waals surface area contributed by atoms with Crippen molar-refractivity contribution in [3.63, 3.8) is 0 Å². The molecule has 2 aliphatic heterocycles. The normalized spacial score (nSPS) is 18.8. The first kappa shape index (κ1) is 13.8. The van der Waals surface area contributed by atoms with Crippen molar-refractivity contribution in [1.82, 2.24) is 4.90 Å². The fraction of sp³-hybridized carbons (Fsp3) is 0.538. The maximum atomic E-state index is 5.80. The predicted molar refractivity (Wildman–Crippen MR) is 80.1 cm³/mol. The van der Waals surface area contributed by atoms with Gasteiger partial charge in [0.05, 0.1) is 18.0 Å². The van der Waals surface area contributed by atoms with E-state index in [0.717, 1.165) is 56.3 Å². The van der Waals surface area contributed by atoms with Gasteiger partial charge in [0.1, 0.15) is 5.75 Å². The van der Waals surface area contributed by atoms with Crippen molar-refractivity contribution in [2.75, 3.05) is 50.2 Å². The van der Waals surface area contributed by atoms with E-state index >= 15 is 0 Å². The summed E-state index contributed by atoms with van der Waals surface area (Å²) < 4.78 is 10.1. The number of benzene rings is 1. The highest BCUT2D eigenvalue weighted by atomic mass is 32.1. The van der Waals surface area contributed by atoms with Crippen molar-refractivity contribution in [2.45, 2.75) is 6.42 Å². The van der Waals surface area contributed by atoms with Crippen LogP contribution in [0.2, 0.25) is 0 Å². The lowest BCUT2D eigenvalue weighted by Gasteiger charge is -2.34. The van der Waals surface area contributed by atoms with Gasteiger partial charge in [0, 0.05) is 51.1 Å². The van der Waals surface area contributed by atoms with Gasteiger partial charge in [-0.2, -0.15) is 0 Å². The van der Waals surface area contributed by atoms with E-state index in [9.17, 15) is 0 Å². The maximum absolute atomic E-state index is 5.80. The van der Waals surface area contributed by atoms with Gasteiger partial charge in [0.25, 0.3) is 0 Å². The van der Waals surface area contributed by atoms with E-state index in [0.29, 0.717) is 0 Å². The summed E-state index contributed by atoms with van der Waals surface area (Å²) in [6.07, 6.45) is 0.924. The monoisotopic (exact) mass is 297 g/mol. The molecule has 0 aromatic heterocycles. The molecule has 6 nitrogen and oxygen atoms in total. The van der Waals surface area contributed by atoms with E-state index in [1.807, 2.05) is 12.1 Å². The molecule has 1 fully saturated rings. The number of anilines is 2. The number of fused-ring (bicyclic) bond motifs is 1. The second-order valence-corrected chi connectivity index (χ2v) is 5.28. The second kappa shape index (κ2) is 6.09. The van der Waals surface area contributed by atoms with E-state index in [4.69, 9.17) is 4.74 Å². The van der Waals surface area contributed by atoms with Gasteiger partial charge in [-0.1, -0.05) is 0 Å². The maximum Gasteiger partial charge on any atom is 0.146 e. The molecular formula is C13H19N3O3S. The summed E-state index contributed by atoms with van der Waals surface area (Å²) in [4.78, 5) is 9.37. The Morgan fingerprint density at radius 2 is 2.05 bits per heavy atom. The lowest BCUT2D eigenvalue weighted by molar-refractivity contribution is -0.158. The molecule has 1 aromatic rings. The Morgan fingerprint density at radius 3 is 2.80 bits per heavy atom. The van der Waals surface area contributed by atoms with E-state index in [-0.39, 0.29) is 0 Å².